The summed E-state index contributed by atoms with van der Waals surface area (Å²) in [6, 6.07) is 8.47. The minimum atomic E-state index is -0.342. The molecule has 1 heterocycles. The quantitative estimate of drug-likeness (QED) is 0.608. The number of nitrogens with zero attached hydrogens (tertiary/aromatic N) is 1. The number of halogens is 3. The summed E-state index contributed by atoms with van der Waals surface area (Å²) in [7, 11) is 0. The zero-order valence-corrected chi connectivity index (χ0v) is 12.7. The normalized spacial score (nSPS) is 11.1. The van der Waals surface area contributed by atoms with Crippen molar-refractivity contribution in [3.05, 3.63) is 45.1 Å². The van der Waals surface area contributed by atoms with Crippen LogP contribution < -0.4 is 5.73 Å². The number of aromatic nitrogens is 2. The number of aromatic amines is 1. The summed E-state index contributed by atoms with van der Waals surface area (Å²) in [6.45, 7) is 0. The molecule has 0 fully saturated rings. The lowest BCUT2D eigenvalue weighted by atomic mass is 10.2. The van der Waals surface area contributed by atoms with Crippen molar-refractivity contribution in [2.75, 3.05) is 5.73 Å². The van der Waals surface area contributed by atoms with E-state index < -0.39 is 0 Å². The molecule has 2 aromatic carbocycles. The van der Waals surface area contributed by atoms with E-state index in [1.165, 1.54) is 6.07 Å². The lowest BCUT2D eigenvalue weighted by Crippen LogP contribution is -1.87. The Morgan fingerprint density at radius 1 is 1.11 bits per heavy atom. The van der Waals surface area contributed by atoms with E-state index in [2.05, 4.69) is 41.8 Å². The maximum atomic E-state index is 13.9. The lowest BCUT2D eigenvalue weighted by Gasteiger charge is -1.99. The Balaban J connectivity index is 2.23. The Morgan fingerprint density at radius 2 is 1.89 bits per heavy atom. The SMILES string of the molecule is Nc1cc(Br)cc2[nH]c(-c3ccc(Br)cc3F)nc12. The van der Waals surface area contributed by atoms with Gasteiger partial charge in [0.25, 0.3) is 0 Å². The summed E-state index contributed by atoms with van der Waals surface area (Å²) in [6.07, 6.45) is 0. The van der Waals surface area contributed by atoms with E-state index in [1.54, 1.807) is 18.2 Å². The molecule has 0 atom stereocenters. The lowest BCUT2D eigenvalue weighted by molar-refractivity contribution is 0.629. The minimum Gasteiger partial charge on any atom is -0.397 e. The molecule has 0 bridgehead atoms. The maximum Gasteiger partial charge on any atom is 0.141 e. The third-order valence-electron chi connectivity index (χ3n) is 2.77. The molecule has 0 spiro atoms. The summed E-state index contributed by atoms with van der Waals surface area (Å²) < 4.78 is 15.5. The highest BCUT2D eigenvalue weighted by molar-refractivity contribution is 9.10. The molecule has 3 aromatic rings. The van der Waals surface area contributed by atoms with E-state index in [0.29, 0.717) is 27.1 Å². The van der Waals surface area contributed by atoms with E-state index in [-0.39, 0.29) is 5.82 Å². The fourth-order valence-corrected chi connectivity index (χ4v) is 2.73. The summed E-state index contributed by atoms with van der Waals surface area (Å²) in [4.78, 5) is 7.43. The van der Waals surface area contributed by atoms with Crippen LogP contribution >= 0.6 is 31.9 Å². The van der Waals surface area contributed by atoms with Gasteiger partial charge >= 0.3 is 0 Å². The van der Waals surface area contributed by atoms with Crippen LogP contribution in [0.4, 0.5) is 10.1 Å². The molecule has 3 nitrogen and oxygen atoms in total. The first-order chi connectivity index (χ1) is 9.04. The van der Waals surface area contributed by atoms with Gasteiger partial charge in [0.1, 0.15) is 17.2 Å². The molecule has 0 unspecified atom stereocenters. The van der Waals surface area contributed by atoms with Crippen LogP contribution in [0.2, 0.25) is 0 Å². The monoisotopic (exact) mass is 383 g/mol. The number of nitrogen functional groups attached to an aromatic ring is 1. The molecule has 19 heavy (non-hydrogen) atoms. The summed E-state index contributed by atoms with van der Waals surface area (Å²) in [5.74, 6) is 0.121. The summed E-state index contributed by atoms with van der Waals surface area (Å²) in [5, 5.41) is 0. The topological polar surface area (TPSA) is 54.7 Å². The maximum absolute atomic E-state index is 13.9. The fourth-order valence-electron chi connectivity index (χ4n) is 1.92. The molecule has 0 aliphatic heterocycles. The average Bonchev–Trinajstić information content (AvgIpc) is 2.72. The van der Waals surface area contributed by atoms with Crippen molar-refractivity contribution in [3.8, 4) is 11.4 Å². The summed E-state index contributed by atoms with van der Waals surface area (Å²) in [5.41, 5.74) is 8.26. The molecule has 3 N–H and O–H groups in total. The van der Waals surface area contributed by atoms with Crippen LogP contribution in [-0.2, 0) is 0 Å². The molecule has 0 aliphatic rings. The molecule has 0 aliphatic carbocycles. The number of hydrogen-bond donors (Lipinski definition) is 2. The van der Waals surface area contributed by atoms with Crippen molar-refractivity contribution in [2.45, 2.75) is 0 Å². The second-order valence-electron chi connectivity index (χ2n) is 4.10. The van der Waals surface area contributed by atoms with Crippen molar-refractivity contribution in [1.29, 1.82) is 0 Å². The van der Waals surface area contributed by atoms with Crippen molar-refractivity contribution >= 4 is 48.6 Å². The van der Waals surface area contributed by atoms with Gasteiger partial charge in [-0.2, -0.15) is 0 Å². The highest BCUT2D eigenvalue weighted by atomic mass is 79.9. The Kier molecular flexibility index (Phi) is 3.06. The Hall–Kier alpha value is -1.40. The Morgan fingerprint density at radius 3 is 2.63 bits per heavy atom. The van der Waals surface area contributed by atoms with Crippen molar-refractivity contribution < 1.29 is 4.39 Å². The molecule has 6 heteroatoms. The molecule has 0 saturated carbocycles. The Labute approximate surface area is 125 Å². The van der Waals surface area contributed by atoms with Gasteiger partial charge in [-0.1, -0.05) is 31.9 Å². The van der Waals surface area contributed by atoms with Gasteiger partial charge in [-0.3, -0.25) is 0 Å². The average molecular weight is 385 g/mol. The number of benzene rings is 2. The van der Waals surface area contributed by atoms with Crippen LogP contribution in [0.3, 0.4) is 0 Å². The van der Waals surface area contributed by atoms with Crippen LogP contribution in [0.1, 0.15) is 0 Å². The first kappa shape index (κ1) is 12.6. The van der Waals surface area contributed by atoms with Crippen LogP contribution in [0.5, 0.6) is 0 Å². The van der Waals surface area contributed by atoms with E-state index in [9.17, 15) is 4.39 Å². The first-order valence-corrected chi connectivity index (χ1v) is 7.03. The number of nitrogens with one attached hydrogen (secondary N) is 1. The van der Waals surface area contributed by atoms with E-state index >= 15 is 0 Å². The Bertz CT molecular complexity index is 783. The number of H-pyrrole nitrogens is 1. The number of rotatable bonds is 1. The van der Waals surface area contributed by atoms with Gasteiger partial charge in [0.05, 0.1) is 16.8 Å². The smallest absolute Gasteiger partial charge is 0.141 e. The number of anilines is 1. The highest BCUT2D eigenvalue weighted by Crippen LogP contribution is 2.29. The fraction of sp³-hybridized carbons (Fsp3) is 0. The number of hydrogen-bond acceptors (Lipinski definition) is 2. The van der Waals surface area contributed by atoms with Crippen LogP contribution in [0.15, 0.2) is 39.3 Å². The van der Waals surface area contributed by atoms with Gasteiger partial charge in [-0.25, -0.2) is 9.37 Å². The molecule has 3 rings (SSSR count). The standard InChI is InChI=1S/C13H8Br2FN3/c14-6-1-2-8(9(16)3-6)13-18-11-5-7(15)4-10(17)12(11)19-13/h1-5H,17H2,(H,18,19). The van der Waals surface area contributed by atoms with Crippen molar-refractivity contribution in [3.63, 3.8) is 0 Å². The van der Waals surface area contributed by atoms with Crippen molar-refractivity contribution in [2.24, 2.45) is 0 Å². The van der Waals surface area contributed by atoms with Gasteiger partial charge < -0.3 is 10.7 Å². The van der Waals surface area contributed by atoms with Gasteiger partial charge in [0.15, 0.2) is 0 Å². The van der Waals surface area contributed by atoms with Crippen LogP contribution in [0.25, 0.3) is 22.4 Å². The molecule has 0 saturated heterocycles. The molecule has 0 radical (unpaired) electrons. The molecule has 0 amide bonds. The van der Waals surface area contributed by atoms with Crippen molar-refractivity contribution in [1.82, 2.24) is 9.97 Å². The third-order valence-corrected chi connectivity index (χ3v) is 3.72. The summed E-state index contributed by atoms with van der Waals surface area (Å²) >= 11 is 6.59. The second kappa shape index (κ2) is 4.61. The largest absolute Gasteiger partial charge is 0.397 e. The van der Waals surface area contributed by atoms with E-state index in [4.69, 9.17) is 5.73 Å². The predicted molar refractivity (Wildman–Crippen MR) is 81.3 cm³/mol. The van der Waals surface area contributed by atoms with Crippen LogP contribution in [-0.4, -0.2) is 9.97 Å². The number of nitrogens with two attached hydrogens (primary N) is 1. The number of fused-ring (bicyclic) bond motifs is 1. The molecule has 96 valence electrons. The van der Waals surface area contributed by atoms with Crippen LogP contribution in [0, 0.1) is 5.82 Å². The molecular formula is C13H8Br2FN3. The molecular weight excluding hydrogens is 377 g/mol. The molecule has 1 aromatic heterocycles. The third kappa shape index (κ3) is 2.26. The van der Waals surface area contributed by atoms with E-state index in [1.807, 2.05) is 6.07 Å². The predicted octanol–water partition coefficient (Wildman–Crippen LogP) is 4.48. The highest BCUT2D eigenvalue weighted by Gasteiger charge is 2.12. The van der Waals surface area contributed by atoms with Gasteiger partial charge in [-0.05, 0) is 30.3 Å². The first-order valence-electron chi connectivity index (χ1n) is 5.45. The second-order valence-corrected chi connectivity index (χ2v) is 5.93. The van der Waals surface area contributed by atoms with Gasteiger partial charge in [0, 0.05) is 8.95 Å². The zero-order valence-electron chi connectivity index (χ0n) is 9.55. The zero-order chi connectivity index (χ0) is 13.6. The van der Waals surface area contributed by atoms with Gasteiger partial charge in [0.2, 0.25) is 0 Å². The minimum absolute atomic E-state index is 0.342. The van der Waals surface area contributed by atoms with Gasteiger partial charge in [-0.15, -0.1) is 0 Å². The number of imidazole rings is 1. The van der Waals surface area contributed by atoms with E-state index in [0.717, 1.165) is 9.99 Å².